The molecule has 0 atom stereocenters. The maximum atomic E-state index is 13.3. The first-order valence-electron chi connectivity index (χ1n) is 8.75. The quantitative estimate of drug-likeness (QED) is 0.388. The highest BCUT2D eigenvalue weighted by Crippen LogP contribution is 2.33. The molecule has 1 N–H and O–H groups in total. The molecular weight excluding hydrogens is 465 g/mol. The second-order valence-electron chi connectivity index (χ2n) is 6.28. The van der Waals surface area contributed by atoms with E-state index < -0.39 is 27.4 Å². The SMILES string of the molecule is O=C(CN(c1cc(Cl)ccc1Cl)S(=O)(=O)c1ccccc1)Nc1cccc([N+](=O)[O-])c1. The van der Waals surface area contributed by atoms with Crippen molar-refractivity contribution in [3.8, 4) is 0 Å². The van der Waals surface area contributed by atoms with Crippen molar-refractivity contribution in [2.24, 2.45) is 0 Å². The molecule has 0 aliphatic heterocycles. The van der Waals surface area contributed by atoms with Crippen molar-refractivity contribution in [1.82, 2.24) is 0 Å². The summed E-state index contributed by atoms with van der Waals surface area (Å²) in [6, 6.07) is 17.1. The summed E-state index contributed by atoms with van der Waals surface area (Å²) in [7, 11) is -4.18. The molecule has 11 heteroatoms. The van der Waals surface area contributed by atoms with Gasteiger partial charge in [-0.3, -0.25) is 19.2 Å². The van der Waals surface area contributed by atoms with E-state index in [9.17, 15) is 23.3 Å². The molecule has 160 valence electrons. The maximum absolute atomic E-state index is 13.3. The monoisotopic (exact) mass is 479 g/mol. The third-order valence-corrected chi connectivity index (χ3v) is 6.46. The van der Waals surface area contributed by atoms with E-state index >= 15 is 0 Å². The Morgan fingerprint density at radius 2 is 1.71 bits per heavy atom. The Labute approximate surface area is 188 Å². The lowest BCUT2D eigenvalue weighted by molar-refractivity contribution is -0.384. The van der Waals surface area contributed by atoms with Crippen LogP contribution in [0.1, 0.15) is 0 Å². The Bertz CT molecular complexity index is 1240. The van der Waals surface area contributed by atoms with E-state index in [1.807, 2.05) is 0 Å². The molecule has 1 amide bonds. The van der Waals surface area contributed by atoms with Gasteiger partial charge in [-0.15, -0.1) is 0 Å². The second-order valence-corrected chi connectivity index (χ2v) is 8.98. The molecule has 0 aromatic heterocycles. The summed E-state index contributed by atoms with van der Waals surface area (Å²) in [6.07, 6.45) is 0. The molecule has 3 aromatic rings. The fraction of sp³-hybridized carbons (Fsp3) is 0.0500. The van der Waals surface area contributed by atoms with Crippen molar-refractivity contribution in [3.63, 3.8) is 0 Å². The molecule has 3 aromatic carbocycles. The van der Waals surface area contributed by atoms with Crippen LogP contribution in [0.25, 0.3) is 0 Å². The van der Waals surface area contributed by atoms with Crippen LogP contribution in [-0.4, -0.2) is 25.8 Å². The lowest BCUT2D eigenvalue weighted by atomic mass is 10.3. The number of halogens is 2. The molecule has 0 saturated carbocycles. The van der Waals surface area contributed by atoms with Gasteiger partial charge in [0.2, 0.25) is 5.91 Å². The van der Waals surface area contributed by atoms with E-state index in [1.54, 1.807) is 18.2 Å². The van der Waals surface area contributed by atoms with Crippen LogP contribution in [0.2, 0.25) is 10.0 Å². The summed E-state index contributed by atoms with van der Waals surface area (Å²) < 4.78 is 27.4. The largest absolute Gasteiger partial charge is 0.324 e. The Hall–Kier alpha value is -3.14. The molecule has 8 nitrogen and oxygen atoms in total. The van der Waals surface area contributed by atoms with Crippen molar-refractivity contribution >= 4 is 56.2 Å². The average molecular weight is 480 g/mol. The Kier molecular flexibility index (Phi) is 6.79. The van der Waals surface area contributed by atoms with Gasteiger partial charge in [0.15, 0.2) is 0 Å². The number of carbonyl (C=O) groups excluding carboxylic acids is 1. The first kappa shape index (κ1) is 22.5. The number of nitrogens with one attached hydrogen (secondary N) is 1. The highest BCUT2D eigenvalue weighted by molar-refractivity contribution is 7.92. The Balaban J connectivity index is 1.97. The number of hydrogen-bond acceptors (Lipinski definition) is 5. The van der Waals surface area contributed by atoms with Crippen LogP contribution < -0.4 is 9.62 Å². The van der Waals surface area contributed by atoms with Gasteiger partial charge in [0.1, 0.15) is 6.54 Å². The number of nitrogens with zero attached hydrogens (tertiary/aromatic N) is 2. The molecule has 0 fully saturated rings. The number of benzene rings is 3. The molecule has 0 radical (unpaired) electrons. The van der Waals surface area contributed by atoms with Gasteiger partial charge in [0, 0.05) is 22.8 Å². The molecule has 0 heterocycles. The minimum absolute atomic E-state index is 0.0206. The third-order valence-electron chi connectivity index (χ3n) is 4.14. The molecular formula is C20H15Cl2N3O5S. The zero-order chi connectivity index (χ0) is 22.6. The molecule has 0 bridgehead atoms. The summed E-state index contributed by atoms with van der Waals surface area (Å²) in [5.74, 6) is -0.726. The fourth-order valence-corrected chi connectivity index (χ4v) is 4.61. The van der Waals surface area contributed by atoms with Crippen LogP contribution in [0.3, 0.4) is 0 Å². The third kappa shape index (κ3) is 5.32. The topological polar surface area (TPSA) is 110 Å². The number of anilines is 2. The highest BCUT2D eigenvalue weighted by Gasteiger charge is 2.29. The van der Waals surface area contributed by atoms with Gasteiger partial charge < -0.3 is 5.32 Å². The molecule has 0 aliphatic carbocycles. The van der Waals surface area contributed by atoms with E-state index in [-0.39, 0.29) is 32.0 Å². The van der Waals surface area contributed by atoms with E-state index in [4.69, 9.17) is 23.2 Å². The molecule has 0 aliphatic rings. The smallest absolute Gasteiger partial charge is 0.271 e. The second kappa shape index (κ2) is 9.34. The zero-order valence-electron chi connectivity index (χ0n) is 15.7. The van der Waals surface area contributed by atoms with Gasteiger partial charge >= 0.3 is 0 Å². The van der Waals surface area contributed by atoms with Gasteiger partial charge in [-0.1, -0.05) is 47.5 Å². The summed E-state index contributed by atoms with van der Waals surface area (Å²) in [5, 5.41) is 13.7. The summed E-state index contributed by atoms with van der Waals surface area (Å²) in [6.45, 7) is -0.639. The van der Waals surface area contributed by atoms with Gasteiger partial charge in [-0.2, -0.15) is 0 Å². The van der Waals surface area contributed by atoms with Crippen LogP contribution in [0.5, 0.6) is 0 Å². The van der Waals surface area contributed by atoms with Crippen molar-refractivity contribution in [3.05, 3.63) is 93.0 Å². The molecule has 3 rings (SSSR count). The van der Waals surface area contributed by atoms with E-state index in [1.165, 1.54) is 54.6 Å². The summed E-state index contributed by atoms with van der Waals surface area (Å²) in [5.41, 5.74) is -0.0508. The molecule has 0 spiro atoms. The predicted molar refractivity (Wildman–Crippen MR) is 119 cm³/mol. The van der Waals surface area contributed by atoms with Gasteiger partial charge in [0.25, 0.3) is 15.7 Å². The number of non-ortho nitro benzene ring substituents is 1. The number of carbonyl (C=O) groups is 1. The van der Waals surface area contributed by atoms with E-state index in [0.717, 1.165) is 4.31 Å². The van der Waals surface area contributed by atoms with Crippen LogP contribution in [0.15, 0.2) is 77.7 Å². The predicted octanol–water partition coefficient (Wildman–Crippen LogP) is 4.74. The minimum Gasteiger partial charge on any atom is -0.324 e. The first-order valence-corrected chi connectivity index (χ1v) is 11.0. The maximum Gasteiger partial charge on any atom is 0.271 e. The number of rotatable bonds is 7. The van der Waals surface area contributed by atoms with Crippen LogP contribution in [0, 0.1) is 10.1 Å². The average Bonchev–Trinajstić information content (AvgIpc) is 2.74. The first-order chi connectivity index (χ1) is 14.7. The van der Waals surface area contributed by atoms with E-state index in [2.05, 4.69) is 5.32 Å². The molecule has 0 saturated heterocycles. The van der Waals surface area contributed by atoms with Crippen molar-refractivity contribution < 1.29 is 18.1 Å². The number of nitro groups is 1. The normalized spacial score (nSPS) is 11.0. The van der Waals surface area contributed by atoms with Crippen LogP contribution in [-0.2, 0) is 14.8 Å². The number of amides is 1. The standard InChI is InChI=1S/C20H15Cl2N3O5S/c21-14-9-10-18(22)19(11-14)24(31(29,30)17-7-2-1-3-8-17)13-20(26)23-15-5-4-6-16(12-15)25(27)28/h1-12H,13H2,(H,23,26). The Morgan fingerprint density at radius 3 is 2.39 bits per heavy atom. The molecule has 31 heavy (non-hydrogen) atoms. The highest BCUT2D eigenvalue weighted by atomic mass is 35.5. The molecule has 0 unspecified atom stereocenters. The number of sulfonamides is 1. The van der Waals surface area contributed by atoms with Crippen molar-refractivity contribution in [2.45, 2.75) is 4.90 Å². The van der Waals surface area contributed by atoms with Crippen LogP contribution in [0.4, 0.5) is 17.1 Å². The van der Waals surface area contributed by atoms with Gasteiger partial charge in [-0.25, -0.2) is 8.42 Å². The lowest BCUT2D eigenvalue weighted by Crippen LogP contribution is -2.38. The number of nitro benzene ring substituents is 1. The van der Waals surface area contributed by atoms with E-state index in [0.29, 0.717) is 0 Å². The van der Waals surface area contributed by atoms with Gasteiger partial charge in [-0.05, 0) is 36.4 Å². The van der Waals surface area contributed by atoms with Gasteiger partial charge in [0.05, 0.1) is 20.5 Å². The van der Waals surface area contributed by atoms with Crippen molar-refractivity contribution in [2.75, 3.05) is 16.2 Å². The Morgan fingerprint density at radius 1 is 1.00 bits per heavy atom. The van der Waals surface area contributed by atoms with Crippen molar-refractivity contribution in [1.29, 1.82) is 0 Å². The number of hydrogen-bond donors (Lipinski definition) is 1. The summed E-state index contributed by atoms with van der Waals surface area (Å²) >= 11 is 12.2. The van der Waals surface area contributed by atoms with Crippen LogP contribution >= 0.6 is 23.2 Å². The summed E-state index contributed by atoms with van der Waals surface area (Å²) in [4.78, 5) is 23.0. The fourth-order valence-electron chi connectivity index (χ4n) is 2.72. The minimum atomic E-state index is -4.18. The zero-order valence-corrected chi connectivity index (χ0v) is 18.1. The lowest BCUT2D eigenvalue weighted by Gasteiger charge is -2.25.